The van der Waals surface area contributed by atoms with Crippen LogP contribution in [0.1, 0.15) is 21.5 Å². The molecule has 1 amide bonds. The zero-order chi connectivity index (χ0) is 20.6. The van der Waals surface area contributed by atoms with Crippen molar-refractivity contribution in [1.82, 2.24) is 4.90 Å². The summed E-state index contributed by atoms with van der Waals surface area (Å²) in [6.07, 6.45) is 0. The Hall–Kier alpha value is -3.47. The highest BCUT2D eigenvalue weighted by atomic mass is 16.5. The molecule has 0 N–H and O–H groups in total. The number of hydrogen-bond acceptors (Lipinski definition) is 4. The molecule has 3 aromatic rings. The minimum atomic E-state index is -0.0423. The molecule has 0 aliphatic rings. The smallest absolute Gasteiger partial charge is 0.254 e. The van der Waals surface area contributed by atoms with Gasteiger partial charge in [-0.05, 0) is 59.7 Å². The van der Waals surface area contributed by atoms with Gasteiger partial charge in [0.25, 0.3) is 5.91 Å². The third-order valence-electron chi connectivity index (χ3n) is 4.69. The number of rotatable bonds is 8. The fourth-order valence-electron chi connectivity index (χ4n) is 3.02. The van der Waals surface area contributed by atoms with Gasteiger partial charge in [-0.2, -0.15) is 0 Å². The van der Waals surface area contributed by atoms with E-state index in [1.807, 2.05) is 53.4 Å². The molecule has 0 bridgehead atoms. The van der Waals surface area contributed by atoms with E-state index < -0.39 is 0 Å². The number of carbonyl (C=O) groups is 1. The Labute approximate surface area is 171 Å². The molecule has 0 unspecified atom stereocenters. The number of benzene rings is 3. The Balaban J connectivity index is 1.84. The van der Waals surface area contributed by atoms with Crippen LogP contribution in [0, 0.1) is 0 Å². The maximum absolute atomic E-state index is 13.2. The average molecular weight is 391 g/mol. The fraction of sp³-hybridized carbons (Fsp3) is 0.208. The predicted octanol–water partition coefficient (Wildman–Crippen LogP) is 4.56. The normalized spacial score (nSPS) is 10.3. The molecule has 0 atom stereocenters. The molecule has 150 valence electrons. The van der Waals surface area contributed by atoms with Crippen molar-refractivity contribution < 1.29 is 19.0 Å². The number of nitrogens with zero attached hydrogens (tertiary/aromatic N) is 1. The number of ether oxygens (including phenoxy) is 3. The van der Waals surface area contributed by atoms with Gasteiger partial charge in [0, 0.05) is 18.7 Å². The van der Waals surface area contributed by atoms with Gasteiger partial charge in [-0.3, -0.25) is 4.79 Å². The molecule has 0 aromatic heterocycles. The number of carbonyl (C=O) groups excluding carboxylic acids is 1. The third kappa shape index (κ3) is 5.29. The van der Waals surface area contributed by atoms with Crippen LogP contribution < -0.4 is 14.2 Å². The summed E-state index contributed by atoms with van der Waals surface area (Å²) in [7, 11) is 4.88. The Morgan fingerprint density at radius 2 is 0.966 bits per heavy atom. The van der Waals surface area contributed by atoms with Gasteiger partial charge in [0.2, 0.25) is 0 Å². The van der Waals surface area contributed by atoms with E-state index in [1.54, 1.807) is 45.6 Å². The second kappa shape index (κ2) is 9.64. The fourth-order valence-corrected chi connectivity index (χ4v) is 3.02. The highest BCUT2D eigenvalue weighted by Gasteiger charge is 2.17. The van der Waals surface area contributed by atoms with E-state index in [4.69, 9.17) is 14.2 Å². The van der Waals surface area contributed by atoms with E-state index in [1.165, 1.54) is 0 Å². The lowest BCUT2D eigenvalue weighted by Crippen LogP contribution is -2.30. The first-order chi connectivity index (χ1) is 14.1. The van der Waals surface area contributed by atoms with Crippen molar-refractivity contribution >= 4 is 5.91 Å². The van der Waals surface area contributed by atoms with Crippen molar-refractivity contribution in [2.45, 2.75) is 13.1 Å². The van der Waals surface area contributed by atoms with Crippen LogP contribution in [0.15, 0.2) is 72.8 Å². The van der Waals surface area contributed by atoms with Crippen LogP contribution in [0.2, 0.25) is 0 Å². The molecule has 0 aliphatic heterocycles. The molecule has 0 heterocycles. The number of amides is 1. The van der Waals surface area contributed by atoms with Gasteiger partial charge in [0.05, 0.1) is 21.3 Å². The zero-order valence-corrected chi connectivity index (χ0v) is 16.9. The quantitative estimate of drug-likeness (QED) is 0.565. The minimum Gasteiger partial charge on any atom is -0.497 e. The lowest BCUT2D eigenvalue weighted by molar-refractivity contribution is 0.0730. The van der Waals surface area contributed by atoms with Crippen molar-refractivity contribution in [3.63, 3.8) is 0 Å². The molecular weight excluding hydrogens is 366 g/mol. The highest BCUT2D eigenvalue weighted by molar-refractivity contribution is 5.94. The summed E-state index contributed by atoms with van der Waals surface area (Å²) in [4.78, 5) is 15.1. The molecular formula is C24H25NO4. The van der Waals surface area contributed by atoms with Gasteiger partial charge < -0.3 is 19.1 Å². The first-order valence-electron chi connectivity index (χ1n) is 9.32. The van der Waals surface area contributed by atoms with E-state index in [2.05, 4.69) is 0 Å². The summed E-state index contributed by atoms with van der Waals surface area (Å²) in [5.41, 5.74) is 2.68. The SMILES string of the molecule is COc1ccc(CN(Cc2ccc(OC)cc2)C(=O)c2ccc(OC)cc2)cc1. The highest BCUT2D eigenvalue weighted by Crippen LogP contribution is 2.20. The number of hydrogen-bond donors (Lipinski definition) is 0. The van der Waals surface area contributed by atoms with Crippen molar-refractivity contribution in [3.8, 4) is 17.2 Å². The van der Waals surface area contributed by atoms with Gasteiger partial charge in [-0.25, -0.2) is 0 Å². The number of methoxy groups -OCH3 is 3. The first-order valence-corrected chi connectivity index (χ1v) is 9.32. The lowest BCUT2D eigenvalue weighted by atomic mass is 10.1. The summed E-state index contributed by atoms with van der Waals surface area (Å²) in [6, 6.07) is 22.7. The van der Waals surface area contributed by atoms with Gasteiger partial charge in [0.1, 0.15) is 17.2 Å². The van der Waals surface area contributed by atoms with Gasteiger partial charge in [-0.15, -0.1) is 0 Å². The van der Waals surface area contributed by atoms with Crippen molar-refractivity contribution in [3.05, 3.63) is 89.5 Å². The third-order valence-corrected chi connectivity index (χ3v) is 4.69. The Morgan fingerprint density at radius 1 is 0.621 bits per heavy atom. The predicted molar refractivity (Wildman–Crippen MR) is 113 cm³/mol. The van der Waals surface area contributed by atoms with Crippen LogP contribution >= 0.6 is 0 Å². The molecule has 0 aliphatic carbocycles. The maximum atomic E-state index is 13.2. The molecule has 0 spiro atoms. The van der Waals surface area contributed by atoms with E-state index in [0.717, 1.165) is 28.4 Å². The molecule has 29 heavy (non-hydrogen) atoms. The zero-order valence-electron chi connectivity index (χ0n) is 16.9. The second-order valence-electron chi connectivity index (χ2n) is 6.59. The molecule has 5 nitrogen and oxygen atoms in total. The largest absolute Gasteiger partial charge is 0.497 e. The Bertz CT molecular complexity index is 869. The summed E-state index contributed by atoms with van der Waals surface area (Å²) >= 11 is 0. The average Bonchev–Trinajstić information content (AvgIpc) is 2.79. The van der Waals surface area contributed by atoms with Crippen LogP contribution in [-0.4, -0.2) is 32.1 Å². The summed E-state index contributed by atoms with van der Waals surface area (Å²) in [5.74, 6) is 2.26. The van der Waals surface area contributed by atoms with Gasteiger partial charge in [0.15, 0.2) is 0 Å². The molecule has 0 saturated heterocycles. The molecule has 3 rings (SSSR count). The molecule has 3 aromatic carbocycles. The topological polar surface area (TPSA) is 48.0 Å². The lowest BCUT2D eigenvalue weighted by Gasteiger charge is -2.23. The maximum Gasteiger partial charge on any atom is 0.254 e. The van der Waals surface area contributed by atoms with Gasteiger partial charge >= 0.3 is 0 Å². The van der Waals surface area contributed by atoms with E-state index in [-0.39, 0.29) is 5.91 Å². The van der Waals surface area contributed by atoms with E-state index >= 15 is 0 Å². The van der Waals surface area contributed by atoms with Crippen molar-refractivity contribution in [1.29, 1.82) is 0 Å². The van der Waals surface area contributed by atoms with Crippen LogP contribution in [0.3, 0.4) is 0 Å². The first kappa shape index (κ1) is 20.3. The van der Waals surface area contributed by atoms with Crippen LogP contribution in [0.4, 0.5) is 0 Å². The van der Waals surface area contributed by atoms with Gasteiger partial charge in [-0.1, -0.05) is 24.3 Å². The van der Waals surface area contributed by atoms with E-state index in [0.29, 0.717) is 18.7 Å². The molecule has 0 radical (unpaired) electrons. The summed E-state index contributed by atoms with van der Waals surface area (Å²) < 4.78 is 15.6. The Morgan fingerprint density at radius 3 is 1.31 bits per heavy atom. The van der Waals surface area contributed by atoms with Crippen LogP contribution in [0.5, 0.6) is 17.2 Å². The molecule has 0 saturated carbocycles. The Kier molecular flexibility index (Phi) is 6.74. The molecule has 0 fully saturated rings. The molecule has 5 heteroatoms. The standard InChI is InChI=1S/C24H25NO4/c1-27-21-10-4-18(5-11-21)16-25(17-19-6-12-22(28-2)13-7-19)24(26)20-8-14-23(29-3)15-9-20/h4-15H,16-17H2,1-3H3. The van der Waals surface area contributed by atoms with E-state index in [9.17, 15) is 4.79 Å². The summed E-state index contributed by atoms with van der Waals surface area (Å²) in [6.45, 7) is 0.974. The van der Waals surface area contributed by atoms with Crippen LogP contribution in [0.25, 0.3) is 0 Å². The second-order valence-corrected chi connectivity index (χ2v) is 6.59. The van der Waals surface area contributed by atoms with Crippen LogP contribution in [-0.2, 0) is 13.1 Å². The summed E-state index contributed by atoms with van der Waals surface area (Å²) in [5, 5.41) is 0. The minimum absolute atomic E-state index is 0.0423. The van der Waals surface area contributed by atoms with Crippen molar-refractivity contribution in [2.75, 3.05) is 21.3 Å². The monoisotopic (exact) mass is 391 g/mol. The van der Waals surface area contributed by atoms with Crippen molar-refractivity contribution in [2.24, 2.45) is 0 Å².